The van der Waals surface area contributed by atoms with E-state index >= 15 is 0 Å². The van der Waals surface area contributed by atoms with Gasteiger partial charge in [-0.15, -0.1) is 16.6 Å². The Kier molecular flexibility index (Phi) is 12.5. The van der Waals surface area contributed by atoms with Crippen LogP contribution in [0.2, 0.25) is 0 Å². The average molecular weight is 921 g/mol. The van der Waals surface area contributed by atoms with Crippen molar-refractivity contribution in [3.63, 3.8) is 0 Å². The van der Waals surface area contributed by atoms with Crippen LogP contribution in [0.3, 0.4) is 0 Å². The summed E-state index contributed by atoms with van der Waals surface area (Å²) in [5.74, 6) is 6.69. The van der Waals surface area contributed by atoms with Crippen molar-refractivity contribution < 1.29 is 0 Å². The summed E-state index contributed by atoms with van der Waals surface area (Å²) in [4.78, 5) is 9.09. The maximum atomic E-state index is 3.87. The highest BCUT2D eigenvalue weighted by atomic mass is 15.7. The standard InChI is InChI=1S/C55H92N12/c1-4-6-8-10-24-63-52-19-13-36-27-42(52)46-31-40(17-23-55(46)63)67-34-49(58-61-67)37-14-20-53-43(28-37)45-30-39(16-22-54(45)64(53)25-11-9-7-5-2)66-32-47(56-60-66)35-12-18-50-41(26-35)44-29-38(15-21-51(44)62(50)3)65-33-48(36)57-59-65/h32-46,50-61H,4-31H2,1-3H3. The van der Waals surface area contributed by atoms with E-state index in [0.717, 1.165) is 71.8 Å². The van der Waals surface area contributed by atoms with Crippen LogP contribution in [0.25, 0.3) is 0 Å². The minimum atomic E-state index is 0.573. The van der Waals surface area contributed by atoms with Crippen LogP contribution >= 0.6 is 0 Å². The molecule has 6 saturated carbocycles. The van der Waals surface area contributed by atoms with Crippen LogP contribution in [0.1, 0.15) is 181 Å². The molecule has 7 heterocycles. The first-order valence-electron chi connectivity index (χ1n) is 29.3. The largest absolute Gasteiger partial charge is 0.306 e. The number of unbranched alkanes of at least 4 members (excludes halogenated alkanes) is 6. The lowest BCUT2D eigenvalue weighted by Crippen LogP contribution is -2.49. The Morgan fingerprint density at radius 2 is 0.716 bits per heavy atom. The van der Waals surface area contributed by atoms with Gasteiger partial charge in [0.15, 0.2) is 0 Å². The van der Waals surface area contributed by atoms with Crippen molar-refractivity contribution in [2.75, 3.05) is 20.1 Å². The molecular weight excluding hydrogens is 829 g/mol. The predicted molar refractivity (Wildman–Crippen MR) is 267 cm³/mol. The van der Waals surface area contributed by atoms with Crippen LogP contribution in [0.4, 0.5) is 0 Å². The number of hydrogen-bond acceptors (Lipinski definition) is 12. The number of nitrogens with zero attached hydrogens (tertiary/aromatic N) is 6. The molecule has 0 amide bonds. The van der Waals surface area contributed by atoms with E-state index in [1.165, 1.54) is 197 Å². The number of hydrazine groups is 6. The average Bonchev–Trinajstić information content (AvgIpc) is 4.25. The lowest BCUT2D eigenvalue weighted by Gasteiger charge is -2.40. The fraction of sp³-hybridized carbons (Fsp3) is 0.891. The Balaban J connectivity index is 0.796. The van der Waals surface area contributed by atoms with E-state index in [0.29, 0.717) is 35.9 Å². The molecule has 18 bridgehead atoms. The minimum Gasteiger partial charge on any atom is -0.306 e. The summed E-state index contributed by atoms with van der Waals surface area (Å²) in [6.45, 7) is 7.39. The normalized spacial score (nSPS) is 45.5. The number of fused-ring (bicyclic) bond motifs is 15. The van der Waals surface area contributed by atoms with Gasteiger partial charge in [-0.25, -0.2) is 0 Å². The lowest BCUT2D eigenvalue weighted by molar-refractivity contribution is 0.0835. The van der Waals surface area contributed by atoms with E-state index in [-0.39, 0.29) is 0 Å². The van der Waals surface area contributed by atoms with Gasteiger partial charge in [0.05, 0.1) is 0 Å². The molecule has 6 aliphatic carbocycles. The van der Waals surface area contributed by atoms with Gasteiger partial charge in [-0.1, -0.05) is 52.4 Å². The molecule has 67 heavy (non-hydrogen) atoms. The Morgan fingerprint density at radius 1 is 0.388 bits per heavy atom. The predicted octanol–water partition coefficient (Wildman–Crippen LogP) is 8.20. The smallest absolute Gasteiger partial charge is 0.0484 e. The van der Waals surface area contributed by atoms with Crippen molar-refractivity contribution in [1.82, 2.24) is 62.6 Å². The van der Waals surface area contributed by atoms with Crippen LogP contribution in [-0.4, -0.2) is 104 Å². The summed E-state index contributed by atoms with van der Waals surface area (Å²) in [6.07, 6.45) is 42.9. The van der Waals surface area contributed by atoms with Crippen LogP contribution in [0.5, 0.6) is 0 Å². The van der Waals surface area contributed by atoms with Gasteiger partial charge in [-0.2, -0.15) is 0 Å². The van der Waals surface area contributed by atoms with Gasteiger partial charge in [0.25, 0.3) is 0 Å². The fourth-order valence-corrected chi connectivity index (χ4v) is 19.2. The highest BCUT2D eigenvalue weighted by molar-refractivity contribution is 5.19. The summed E-state index contributed by atoms with van der Waals surface area (Å²) in [5.41, 5.74) is 27.4. The van der Waals surface area contributed by atoms with Crippen molar-refractivity contribution in [2.24, 2.45) is 53.3 Å². The molecule has 0 aromatic rings. The molecule has 9 fully saturated rings. The van der Waals surface area contributed by atoms with Gasteiger partial charge >= 0.3 is 0 Å². The maximum Gasteiger partial charge on any atom is 0.0484 e. The topological polar surface area (TPSA) is 91.6 Å². The monoisotopic (exact) mass is 921 g/mol. The van der Waals surface area contributed by atoms with E-state index in [1.807, 2.05) is 0 Å². The number of likely N-dealkylation sites (tertiary alicyclic amines) is 3. The first kappa shape index (κ1) is 44.7. The molecule has 0 aromatic carbocycles. The van der Waals surface area contributed by atoms with Crippen LogP contribution < -0.4 is 32.9 Å². The highest BCUT2D eigenvalue weighted by Gasteiger charge is 2.57. The van der Waals surface area contributed by atoms with Gasteiger partial charge in [0, 0.05) is 108 Å². The van der Waals surface area contributed by atoms with Crippen molar-refractivity contribution in [3.8, 4) is 0 Å². The Bertz CT molecular complexity index is 1840. The molecule has 13 aliphatic rings. The van der Waals surface area contributed by atoms with E-state index in [9.17, 15) is 0 Å². The van der Waals surface area contributed by atoms with Crippen LogP contribution in [0.15, 0.2) is 35.7 Å². The minimum absolute atomic E-state index is 0.573. The second-order valence-electron chi connectivity index (χ2n) is 25.3. The third-order valence-electron chi connectivity index (χ3n) is 22.3. The molecule has 18 unspecified atom stereocenters. The second kappa shape index (κ2) is 18.8. The zero-order chi connectivity index (χ0) is 44.8. The van der Waals surface area contributed by atoms with Crippen molar-refractivity contribution in [2.45, 2.75) is 235 Å². The summed E-state index contributed by atoms with van der Waals surface area (Å²) in [5, 5.41) is 7.72. The summed E-state index contributed by atoms with van der Waals surface area (Å²) in [6, 6.07) is 6.31. The van der Waals surface area contributed by atoms with E-state index < -0.39 is 0 Å². The first-order valence-corrected chi connectivity index (χ1v) is 29.3. The summed E-state index contributed by atoms with van der Waals surface area (Å²) < 4.78 is 0. The van der Waals surface area contributed by atoms with Gasteiger partial charge in [0.2, 0.25) is 0 Å². The number of allylic oxidation sites excluding steroid dienone is 3. The summed E-state index contributed by atoms with van der Waals surface area (Å²) in [7, 11) is 2.50. The Morgan fingerprint density at radius 3 is 1.12 bits per heavy atom. The zero-order valence-corrected chi connectivity index (χ0v) is 42.1. The molecule has 0 spiro atoms. The van der Waals surface area contributed by atoms with Crippen molar-refractivity contribution in [1.29, 1.82) is 0 Å². The number of nitrogens with one attached hydrogen (secondary N) is 6. The fourth-order valence-electron chi connectivity index (χ4n) is 19.2. The summed E-state index contributed by atoms with van der Waals surface area (Å²) >= 11 is 0. The van der Waals surface area contributed by atoms with Crippen LogP contribution in [0, 0.1) is 53.3 Å². The molecule has 0 radical (unpaired) electrons. The molecule has 12 nitrogen and oxygen atoms in total. The van der Waals surface area contributed by atoms with Gasteiger partial charge < -0.3 is 16.3 Å². The molecule has 12 heteroatoms. The highest BCUT2D eigenvalue weighted by Crippen LogP contribution is 2.56. The molecule has 0 aromatic heterocycles. The SMILES string of the molecule is CCCCCCN1C2CCC3CC2C2CC(CCC21)N1C=C(NN1)C1CCC2C(C1)C1CC(CCC1N2C)N1C=C(NN1)C1CCC2C(C1)C1CC(CCC1N2CCCCCC)N1C=C3NN1. The molecule has 372 valence electrons. The second-order valence-corrected chi connectivity index (χ2v) is 25.3. The van der Waals surface area contributed by atoms with Crippen molar-refractivity contribution >= 4 is 0 Å². The molecule has 7 aliphatic heterocycles. The first-order chi connectivity index (χ1) is 33.0. The third kappa shape index (κ3) is 7.97. The van der Waals surface area contributed by atoms with Gasteiger partial charge in [-0.05, 0) is 184 Å². The van der Waals surface area contributed by atoms with E-state index in [1.54, 1.807) is 0 Å². The van der Waals surface area contributed by atoms with E-state index in [4.69, 9.17) is 0 Å². The van der Waals surface area contributed by atoms with Gasteiger partial charge in [-0.3, -0.25) is 29.7 Å². The Labute approximate surface area is 405 Å². The zero-order valence-electron chi connectivity index (χ0n) is 42.1. The van der Waals surface area contributed by atoms with E-state index in [2.05, 4.69) is 102 Å². The van der Waals surface area contributed by atoms with Crippen molar-refractivity contribution in [3.05, 3.63) is 35.7 Å². The van der Waals surface area contributed by atoms with Crippen LogP contribution in [-0.2, 0) is 0 Å². The molecule has 13 rings (SSSR count). The van der Waals surface area contributed by atoms with Gasteiger partial charge in [0.1, 0.15) is 0 Å². The molecule has 3 saturated heterocycles. The third-order valence-corrected chi connectivity index (χ3v) is 22.3. The quantitative estimate of drug-likeness (QED) is 0.120. The molecule has 18 atom stereocenters. The molecule has 6 N–H and O–H groups in total. The lowest BCUT2D eigenvalue weighted by atomic mass is 9.68. The maximum absolute atomic E-state index is 3.87. The Hall–Kier alpha value is -2.22. The molecular formula is C55H92N12. The number of hydrogen-bond donors (Lipinski definition) is 6. The number of rotatable bonds is 10.